The molecule has 0 aliphatic rings. The van der Waals surface area contributed by atoms with Crippen LogP contribution in [0, 0.1) is 20.8 Å². The van der Waals surface area contributed by atoms with E-state index in [9.17, 15) is 4.79 Å². The molecule has 0 atom stereocenters. The van der Waals surface area contributed by atoms with Crippen molar-refractivity contribution in [2.45, 2.75) is 33.7 Å². The molecule has 0 aromatic carbocycles. The first-order valence-corrected chi connectivity index (χ1v) is 7.65. The molecule has 0 aliphatic carbocycles. The number of carbonyl (C=O) groups excluding carboxylic acids is 1. The molecule has 0 spiro atoms. The molecule has 7 heteroatoms. The molecule has 0 aliphatic heterocycles. The zero-order valence-corrected chi connectivity index (χ0v) is 13.6. The Balaban J connectivity index is 1.64. The van der Waals surface area contributed by atoms with E-state index in [0.29, 0.717) is 17.8 Å². The summed E-state index contributed by atoms with van der Waals surface area (Å²) >= 11 is 0. The summed E-state index contributed by atoms with van der Waals surface area (Å²) < 4.78 is 3.62. The lowest BCUT2D eigenvalue weighted by molar-refractivity contribution is 0.0954. The Labute approximate surface area is 134 Å². The smallest absolute Gasteiger partial charge is 0.256 e. The van der Waals surface area contributed by atoms with E-state index in [1.165, 1.54) is 0 Å². The van der Waals surface area contributed by atoms with Crippen LogP contribution >= 0.6 is 0 Å². The van der Waals surface area contributed by atoms with E-state index < -0.39 is 0 Å². The molecule has 23 heavy (non-hydrogen) atoms. The number of nitrogens with zero attached hydrogens (tertiary/aromatic N) is 5. The number of fused-ring (bicyclic) bond motifs is 1. The van der Waals surface area contributed by atoms with Gasteiger partial charge in [-0.3, -0.25) is 9.48 Å². The van der Waals surface area contributed by atoms with E-state index in [1.807, 2.05) is 37.6 Å². The molecule has 3 rings (SSSR count). The van der Waals surface area contributed by atoms with Gasteiger partial charge in [-0.25, -0.2) is 9.50 Å². The average molecular weight is 312 g/mol. The lowest BCUT2D eigenvalue weighted by Gasteiger charge is -2.06. The highest BCUT2D eigenvalue weighted by atomic mass is 16.1. The van der Waals surface area contributed by atoms with Crippen LogP contribution in [0.2, 0.25) is 0 Å². The number of hydrogen-bond acceptors (Lipinski definition) is 4. The molecular weight excluding hydrogens is 292 g/mol. The third-order valence-corrected chi connectivity index (χ3v) is 3.78. The van der Waals surface area contributed by atoms with Crippen molar-refractivity contribution in [3.63, 3.8) is 0 Å². The van der Waals surface area contributed by atoms with Gasteiger partial charge in [-0.05, 0) is 39.3 Å². The predicted octanol–water partition coefficient (Wildman–Crippen LogP) is 1.67. The standard InChI is InChI=1S/C16H20N6O/c1-11-9-13(3)22-15(20-11)14(10-19-22)16(23)17-6-4-8-21-12(2)5-7-18-21/h5,7,9-10H,4,6,8H2,1-3H3,(H,17,23). The van der Waals surface area contributed by atoms with E-state index in [1.54, 1.807) is 16.9 Å². The van der Waals surface area contributed by atoms with E-state index in [0.717, 1.165) is 30.0 Å². The zero-order chi connectivity index (χ0) is 16.4. The van der Waals surface area contributed by atoms with Crippen molar-refractivity contribution in [1.29, 1.82) is 0 Å². The van der Waals surface area contributed by atoms with Gasteiger partial charge in [0, 0.05) is 36.4 Å². The summed E-state index contributed by atoms with van der Waals surface area (Å²) in [5, 5.41) is 11.4. The van der Waals surface area contributed by atoms with Crippen molar-refractivity contribution in [3.8, 4) is 0 Å². The van der Waals surface area contributed by atoms with Crippen molar-refractivity contribution < 1.29 is 4.79 Å². The summed E-state index contributed by atoms with van der Waals surface area (Å²) in [7, 11) is 0. The second-order valence-corrected chi connectivity index (χ2v) is 5.64. The summed E-state index contributed by atoms with van der Waals surface area (Å²) in [6.45, 7) is 7.24. The molecule has 1 N–H and O–H groups in total. The quantitative estimate of drug-likeness (QED) is 0.727. The zero-order valence-electron chi connectivity index (χ0n) is 13.6. The van der Waals surface area contributed by atoms with Gasteiger partial charge in [0.2, 0.25) is 0 Å². The fourth-order valence-corrected chi connectivity index (χ4v) is 2.59. The van der Waals surface area contributed by atoms with Gasteiger partial charge >= 0.3 is 0 Å². The highest BCUT2D eigenvalue weighted by Crippen LogP contribution is 2.11. The van der Waals surface area contributed by atoms with Crippen LogP contribution in [0.3, 0.4) is 0 Å². The summed E-state index contributed by atoms with van der Waals surface area (Å²) in [6, 6.07) is 3.90. The van der Waals surface area contributed by atoms with Crippen LogP contribution in [0.4, 0.5) is 0 Å². The molecule has 0 saturated carbocycles. The summed E-state index contributed by atoms with van der Waals surface area (Å²) in [5.74, 6) is -0.144. The molecule has 3 aromatic rings. The minimum Gasteiger partial charge on any atom is -0.352 e. The number of rotatable bonds is 5. The van der Waals surface area contributed by atoms with E-state index in [2.05, 4.69) is 20.5 Å². The maximum Gasteiger partial charge on any atom is 0.256 e. The lowest BCUT2D eigenvalue weighted by Crippen LogP contribution is -2.25. The summed E-state index contributed by atoms with van der Waals surface area (Å²) in [5.41, 5.74) is 4.06. The topological polar surface area (TPSA) is 77.1 Å². The van der Waals surface area contributed by atoms with Crippen LogP contribution in [0.15, 0.2) is 24.5 Å². The molecule has 0 radical (unpaired) electrons. The molecule has 120 valence electrons. The van der Waals surface area contributed by atoms with Crippen molar-refractivity contribution in [2.75, 3.05) is 6.54 Å². The number of nitrogens with one attached hydrogen (secondary N) is 1. The Kier molecular flexibility index (Phi) is 4.10. The third-order valence-electron chi connectivity index (χ3n) is 3.78. The summed E-state index contributed by atoms with van der Waals surface area (Å²) in [4.78, 5) is 16.8. The Morgan fingerprint density at radius 2 is 2.04 bits per heavy atom. The van der Waals surface area contributed by atoms with Gasteiger partial charge in [-0.1, -0.05) is 0 Å². The van der Waals surface area contributed by atoms with Crippen molar-refractivity contribution in [2.24, 2.45) is 0 Å². The van der Waals surface area contributed by atoms with Crippen LogP contribution in [0.5, 0.6) is 0 Å². The van der Waals surface area contributed by atoms with E-state index in [4.69, 9.17) is 0 Å². The van der Waals surface area contributed by atoms with Gasteiger partial charge in [-0.15, -0.1) is 0 Å². The van der Waals surface area contributed by atoms with Gasteiger partial charge in [-0.2, -0.15) is 10.2 Å². The van der Waals surface area contributed by atoms with Crippen LogP contribution < -0.4 is 5.32 Å². The van der Waals surface area contributed by atoms with Crippen LogP contribution in [-0.4, -0.2) is 36.8 Å². The van der Waals surface area contributed by atoms with Crippen LogP contribution in [-0.2, 0) is 6.54 Å². The molecule has 0 unspecified atom stereocenters. The first-order chi connectivity index (χ1) is 11.1. The molecule has 0 saturated heterocycles. The van der Waals surface area contributed by atoms with Gasteiger partial charge < -0.3 is 5.32 Å². The molecule has 3 heterocycles. The van der Waals surface area contributed by atoms with Crippen LogP contribution in [0.25, 0.3) is 5.65 Å². The number of amides is 1. The minimum absolute atomic E-state index is 0.144. The second kappa shape index (κ2) is 6.20. The molecule has 7 nitrogen and oxygen atoms in total. The van der Waals surface area contributed by atoms with Gasteiger partial charge in [0.05, 0.1) is 6.20 Å². The minimum atomic E-state index is -0.144. The fourth-order valence-electron chi connectivity index (χ4n) is 2.59. The Hall–Kier alpha value is -2.70. The Bertz CT molecular complexity index is 847. The number of aryl methyl sites for hydroxylation is 4. The lowest BCUT2D eigenvalue weighted by atomic mass is 10.3. The molecular formula is C16H20N6O. The largest absolute Gasteiger partial charge is 0.352 e. The molecule has 0 fully saturated rings. The third kappa shape index (κ3) is 3.08. The van der Waals surface area contributed by atoms with Gasteiger partial charge in [0.25, 0.3) is 5.91 Å². The SMILES string of the molecule is Cc1cc(C)n2ncc(C(=O)NCCCn3nccc3C)c2n1. The number of aromatic nitrogens is 5. The second-order valence-electron chi connectivity index (χ2n) is 5.64. The Morgan fingerprint density at radius 3 is 2.78 bits per heavy atom. The molecule has 1 amide bonds. The predicted molar refractivity (Wildman–Crippen MR) is 86.4 cm³/mol. The highest BCUT2D eigenvalue weighted by molar-refractivity contribution is 5.99. The average Bonchev–Trinajstić information content (AvgIpc) is 3.10. The van der Waals surface area contributed by atoms with Crippen LogP contribution in [0.1, 0.15) is 33.9 Å². The van der Waals surface area contributed by atoms with Crippen molar-refractivity contribution in [3.05, 3.63) is 47.2 Å². The van der Waals surface area contributed by atoms with Crippen molar-refractivity contribution in [1.82, 2.24) is 29.7 Å². The maximum absolute atomic E-state index is 12.3. The van der Waals surface area contributed by atoms with Crippen molar-refractivity contribution >= 4 is 11.6 Å². The molecule has 3 aromatic heterocycles. The van der Waals surface area contributed by atoms with E-state index >= 15 is 0 Å². The number of hydrogen-bond donors (Lipinski definition) is 1. The van der Waals surface area contributed by atoms with E-state index in [-0.39, 0.29) is 5.91 Å². The molecule has 0 bridgehead atoms. The number of carbonyl (C=O) groups is 1. The first kappa shape index (κ1) is 15.2. The summed E-state index contributed by atoms with van der Waals surface area (Å²) in [6.07, 6.45) is 4.17. The normalized spacial score (nSPS) is 11.1. The fraction of sp³-hybridized carbons (Fsp3) is 0.375. The first-order valence-electron chi connectivity index (χ1n) is 7.65. The van der Waals surface area contributed by atoms with Gasteiger partial charge in [0.1, 0.15) is 5.56 Å². The van der Waals surface area contributed by atoms with Gasteiger partial charge in [0.15, 0.2) is 5.65 Å². The monoisotopic (exact) mass is 312 g/mol. The Morgan fingerprint density at radius 1 is 1.22 bits per heavy atom. The highest BCUT2D eigenvalue weighted by Gasteiger charge is 2.14. The maximum atomic E-state index is 12.3.